The number of hydrogen-bond acceptors (Lipinski definition) is 3. The van der Waals surface area contributed by atoms with E-state index in [-0.39, 0.29) is 5.91 Å². The van der Waals surface area contributed by atoms with Crippen molar-refractivity contribution in [2.24, 2.45) is 5.10 Å². The minimum Gasteiger partial charge on any atom is -0.487 e. The van der Waals surface area contributed by atoms with Crippen molar-refractivity contribution >= 4 is 66.6 Å². The van der Waals surface area contributed by atoms with Crippen molar-refractivity contribution in [1.82, 2.24) is 5.43 Å². The summed E-state index contributed by atoms with van der Waals surface area (Å²) in [6.45, 7) is 0.428. The zero-order valence-electron chi connectivity index (χ0n) is 14.5. The monoisotopic (exact) mass is 612 g/mol. The zero-order chi connectivity index (χ0) is 19.9. The predicted molar refractivity (Wildman–Crippen MR) is 127 cm³/mol. The van der Waals surface area contributed by atoms with E-state index in [1.807, 2.05) is 54.6 Å². The Hall–Kier alpha value is -1.71. The lowest BCUT2D eigenvalue weighted by molar-refractivity contribution is 0.0955. The molecule has 0 aliphatic rings. The highest BCUT2D eigenvalue weighted by Gasteiger charge is 2.10. The fraction of sp³-hybridized carbons (Fsp3) is 0.0476. The van der Waals surface area contributed by atoms with E-state index in [1.54, 1.807) is 18.3 Å². The molecule has 0 saturated carbocycles. The lowest BCUT2D eigenvalue weighted by Gasteiger charge is -2.12. The molecule has 3 rings (SSSR count). The summed E-state index contributed by atoms with van der Waals surface area (Å²) in [7, 11) is 0. The number of hydrogen-bond donors (Lipinski definition) is 1. The second kappa shape index (κ2) is 10.2. The number of ether oxygens (including phenoxy) is 1. The average Bonchev–Trinajstić information content (AvgIpc) is 2.68. The van der Waals surface area contributed by atoms with Gasteiger partial charge >= 0.3 is 0 Å². The Labute approximate surface area is 193 Å². The van der Waals surface area contributed by atoms with Crippen LogP contribution in [-0.2, 0) is 6.61 Å². The molecule has 0 fully saturated rings. The smallest absolute Gasteiger partial charge is 0.271 e. The van der Waals surface area contributed by atoms with Gasteiger partial charge in [-0.3, -0.25) is 4.79 Å². The van der Waals surface area contributed by atoms with Gasteiger partial charge in [-0.15, -0.1) is 0 Å². The number of benzene rings is 3. The summed E-state index contributed by atoms with van der Waals surface area (Å²) in [6, 6.07) is 21.0. The molecule has 0 aromatic heterocycles. The molecule has 0 bridgehead atoms. The molecule has 142 valence electrons. The number of carbonyl (C=O) groups is 1. The summed E-state index contributed by atoms with van der Waals surface area (Å²) in [5.74, 6) is 0.382. The summed E-state index contributed by atoms with van der Waals surface area (Å²) in [6.07, 6.45) is 1.57. The number of amides is 1. The van der Waals surface area contributed by atoms with E-state index in [0.717, 1.165) is 23.6 Å². The van der Waals surface area contributed by atoms with Gasteiger partial charge in [0.1, 0.15) is 12.4 Å². The number of halogens is 3. The van der Waals surface area contributed by atoms with Crippen molar-refractivity contribution in [2.45, 2.75) is 6.61 Å². The van der Waals surface area contributed by atoms with Gasteiger partial charge in [0, 0.05) is 19.2 Å². The topological polar surface area (TPSA) is 50.7 Å². The molecule has 0 spiro atoms. The van der Waals surface area contributed by atoms with Gasteiger partial charge in [-0.1, -0.05) is 46.3 Å². The first-order valence-electron chi connectivity index (χ1n) is 8.27. The molecule has 0 atom stereocenters. The van der Waals surface area contributed by atoms with Gasteiger partial charge in [-0.05, 0) is 80.5 Å². The fourth-order valence-corrected chi connectivity index (χ4v) is 4.12. The van der Waals surface area contributed by atoms with E-state index < -0.39 is 0 Å². The molecular weight excluding hydrogens is 599 g/mol. The molecule has 7 heteroatoms. The lowest BCUT2D eigenvalue weighted by Crippen LogP contribution is -2.17. The van der Waals surface area contributed by atoms with E-state index in [1.165, 1.54) is 0 Å². The van der Waals surface area contributed by atoms with Crippen LogP contribution >= 0.6 is 54.5 Å². The van der Waals surface area contributed by atoms with Crippen LogP contribution in [0.15, 0.2) is 80.8 Å². The van der Waals surface area contributed by atoms with Gasteiger partial charge < -0.3 is 4.74 Å². The Bertz CT molecular complexity index is 993. The molecule has 0 heterocycles. The predicted octanol–water partition coefficient (Wildman–Crippen LogP) is 6.16. The number of carbonyl (C=O) groups excluding carboxylic acids is 1. The van der Waals surface area contributed by atoms with Crippen LogP contribution in [0.4, 0.5) is 0 Å². The maximum atomic E-state index is 12.2. The molecule has 0 aliphatic carbocycles. The van der Waals surface area contributed by atoms with Crippen LogP contribution in [0, 0.1) is 3.57 Å². The highest BCUT2D eigenvalue weighted by molar-refractivity contribution is 14.1. The Morgan fingerprint density at radius 2 is 1.79 bits per heavy atom. The average molecular weight is 614 g/mol. The molecule has 0 unspecified atom stereocenters. The van der Waals surface area contributed by atoms with Gasteiger partial charge in [0.2, 0.25) is 0 Å². The lowest BCUT2D eigenvalue weighted by atomic mass is 10.2. The number of rotatable bonds is 6. The van der Waals surface area contributed by atoms with Crippen molar-refractivity contribution in [3.05, 3.63) is 95.9 Å². The molecule has 0 saturated heterocycles. The van der Waals surface area contributed by atoms with Gasteiger partial charge in [0.25, 0.3) is 5.91 Å². The van der Waals surface area contributed by atoms with E-state index in [0.29, 0.717) is 17.9 Å². The third-order valence-corrected chi connectivity index (χ3v) is 5.51. The number of nitrogens with zero attached hydrogens (tertiary/aromatic N) is 1. The van der Waals surface area contributed by atoms with Crippen molar-refractivity contribution in [3.63, 3.8) is 0 Å². The first-order valence-corrected chi connectivity index (χ1v) is 10.9. The standard InChI is InChI=1S/C21H15Br2IN2O2/c22-17-10-16(12-25-26-21(27)15-6-8-18(24)9-7-15)20(19(23)11-17)28-13-14-4-2-1-3-5-14/h1-12H,13H2,(H,26,27)/b25-12-. The third kappa shape index (κ3) is 5.89. The van der Waals surface area contributed by atoms with E-state index in [9.17, 15) is 4.79 Å². The molecule has 1 amide bonds. The van der Waals surface area contributed by atoms with Crippen LogP contribution < -0.4 is 10.2 Å². The molecule has 28 heavy (non-hydrogen) atoms. The van der Waals surface area contributed by atoms with Crippen LogP contribution in [0.3, 0.4) is 0 Å². The van der Waals surface area contributed by atoms with Crippen LogP contribution in [-0.4, -0.2) is 12.1 Å². The summed E-state index contributed by atoms with van der Waals surface area (Å²) < 4.78 is 8.73. The van der Waals surface area contributed by atoms with Gasteiger partial charge in [-0.2, -0.15) is 5.10 Å². The van der Waals surface area contributed by atoms with Crippen molar-refractivity contribution in [1.29, 1.82) is 0 Å². The molecule has 0 radical (unpaired) electrons. The van der Waals surface area contributed by atoms with Crippen molar-refractivity contribution in [3.8, 4) is 5.75 Å². The second-order valence-corrected chi connectivity index (χ2v) is 8.80. The first kappa shape index (κ1) is 21.0. The molecule has 3 aromatic rings. The quantitative estimate of drug-likeness (QED) is 0.206. The normalized spacial score (nSPS) is 10.8. The zero-order valence-corrected chi connectivity index (χ0v) is 19.9. The second-order valence-electron chi connectivity index (χ2n) is 5.79. The molecule has 1 N–H and O–H groups in total. The summed E-state index contributed by atoms with van der Waals surface area (Å²) in [4.78, 5) is 12.2. The van der Waals surface area contributed by atoms with Crippen LogP contribution in [0.1, 0.15) is 21.5 Å². The molecule has 4 nitrogen and oxygen atoms in total. The number of nitrogens with one attached hydrogen (secondary N) is 1. The van der Waals surface area contributed by atoms with Crippen molar-refractivity contribution < 1.29 is 9.53 Å². The third-order valence-electron chi connectivity index (χ3n) is 3.74. The Kier molecular flexibility index (Phi) is 7.64. The Balaban J connectivity index is 1.74. The summed E-state index contributed by atoms with van der Waals surface area (Å²) in [5.41, 5.74) is 4.90. The highest BCUT2D eigenvalue weighted by Crippen LogP contribution is 2.32. The summed E-state index contributed by atoms with van der Waals surface area (Å²) in [5, 5.41) is 4.09. The van der Waals surface area contributed by atoms with Gasteiger partial charge in [0.15, 0.2) is 0 Å². The fourth-order valence-electron chi connectivity index (χ4n) is 2.38. The van der Waals surface area contributed by atoms with Crippen LogP contribution in [0.2, 0.25) is 0 Å². The first-order chi connectivity index (χ1) is 13.5. The molecular formula is C21H15Br2IN2O2. The van der Waals surface area contributed by atoms with Gasteiger partial charge in [-0.25, -0.2) is 5.43 Å². The largest absolute Gasteiger partial charge is 0.487 e. The SMILES string of the molecule is O=C(N/N=C\c1cc(Br)cc(Br)c1OCc1ccccc1)c1ccc(I)cc1. The number of hydrazone groups is 1. The molecule has 0 aliphatic heterocycles. The van der Waals surface area contributed by atoms with Gasteiger partial charge in [0.05, 0.1) is 10.7 Å². The maximum Gasteiger partial charge on any atom is 0.271 e. The Morgan fingerprint density at radius 3 is 2.50 bits per heavy atom. The maximum absolute atomic E-state index is 12.2. The minimum absolute atomic E-state index is 0.270. The molecule has 3 aromatic carbocycles. The van der Waals surface area contributed by atoms with E-state index in [4.69, 9.17) is 4.74 Å². The highest BCUT2D eigenvalue weighted by atomic mass is 127. The van der Waals surface area contributed by atoms with E-state index >= 15 is 0 Å². The minimum atomic E-state index is -0.270. The van der Waals surface area contributed by atoms with E-state index in [2.05, 4.69) is 65.0 Å². The Morgan fingerprint density at radius 1 is 1.07 bits per heavy atom. The van der Waals surface area contributed by atoms with Crippen LogP contribution in [0.25, 0.3) is 0 Å². The van der Waals surface area contributed by atoms with Crippen LogP contribution in [0.5, 0.6) is 5.75 Å². The van der Waals surface area contributed by atoms with Crippen molar-refractivity contribution in [2.75, 3.05) is 0 Å². The summed E-state index contributed by atoms with van der Waals surface area (Å²) >= 11 is 9.20.